The van der Waals surface area contributed by atoms with Crippen molar-refractivity contribution in [2.24, 2.45) is 0 Å². The Morgan fingerprint density at radius 2 is 1.96 bits per heavy atom. The third-order valence-electron chi connectivity index (χ3n) is 4.39. The second-order valence-corrected chi connectivity index (χ2v) is 6.51. The molecule has 0 spiro atoms. The van der Waals surface area contributed by atoms with Crippen LogP contribution in [0.4, 0.5) is 11.4 Å². The number of aromatic nitrogens is 1. The highest BCUT2D eigenvalue weighted by molar-refractivity contribution is 6.33. The molecule has 23 heavy (non-hydrogen) atoms. The number of hydrogen-bond acceptors (Lipinski definition) is 3. The molecular weight excluding hydrogens is 312 g/mol. The topological polar surface area (TPSA) is 43.3 Å². The molecule has 0 radical (unpaired) electrons. The van der Waals surface area contributed by atoms with Gasteiger partial charge in [0.1, 0.15) is 10.8 Å². The number of ether oxygens (including phenoxy) is 1. The van der Waals surface area contributed by atoms with Crippen molar-refractivity contribution in [2.45, 2.75) is 39.7 Å². The third kappa shape index (κ3) is 2.83. The van der Waals surface area contributed by atoms with Gasteiger partial charge in [-0.1, -0.05) is 17.7 Å². The maximum atomic E-state index is 12.5. The van der Waals surface area contributed by atoms with E-state index in [4.69, 9.17) is 16.3 Å². The van der Waals surface area contributed by atoms with Crippen molar-refractivity contribution < 1.29 is 4.74 Å². The second kappa shape index (κ2) is 5.93. The Hall–Kier alpha value is -1.94. The molecule has 4 nitrogen and oxygen atoms in total. The summed E-state index contributed by atoms with van der Waals surface area (Å²) < 4.78 is 7.18. The molecule has 2 aromatic rings. The Morgan fingerprint density at radius 1 is 1.26 bits per heavy atom. The van der Waals surface area contributed by atoms with Gasteiger partial charge in [0.05, 0.1) is 12.8 Å². The van der Waals surface area contributed by atoms with Crippen molar-refractivity contribution in [3.05, 3.63) is 50.4 Å². The SMILES string of the molecule is COc1ccc(C)c(Nc2cc(C)n(C3CC3)c(=O)c2Cl)c1C. The van der Waals surface area contributed by atoms with Gasteiger partial charge in [-0.25, -0.2) is 0 Å². The van der Waals surface area contributed by atoms with Gasteiger partial charge in [0.25, 0.3) is 5.56 Å². The molecule has 0 bridgehead atoms. The lowest BCUT2D eigenvalue weighted by Gasteiger charge is -2.18. The van der Waals surface area contributed by atoms with Gasteiger partial charge in [0.2, 0.25) is 0 Å². The Morgan fingerprint density at radius 3 is 2.57 bits per heavy atom. The van der Waals surface area contributed by atoms with Crippen LogP contribution in [0.5, 0.6) is 5.75 Å². The van der Waals surface area contributed by atoms with Crippen molar-refractivity contribution in [1.82, 2.24) is 4.57 Å². The Kier molecular flexibility index (Phi) is 4.11. The van der Waals surface area contributed by atoms with Crippen LogP contribution in [0.25, 0.3) is 0 Å². The van der Waals surface area contributed by atoms with Gasteiger partial charge >= 0.3 is 0 Å². The van der Waals surface area contributed by atoms with E-state index in [1.807, 2.05) is 39.0 Å². The van der Waals surface area contributed by atoms with Gasteiger partial charge < -0.3 is 14.6 Å². The van der Waals surface area contributed by atoms with E-state index in [-0.39, 0.29) is 10.6 Å². The molecule has 1 fully saturated rings. The quantitative estimate of drug-likeness (QED) is 0.895. The molecule has 1 aromatic carbocycles. The molecule has 1 aliphatic rings. The molecular formula is C18H21ClN2O2. The zero-order valence-electron chi connectivity index (χ0n) is 13.9. The van der Waals surface area contributed by atoms with E-state index in [0.717, 1.165) is 41.1 Å². The highest BCUT2D eigenvalue weighted by Gasteiger charge is 2.27. The summed E-state index contributed by atoms with van der Waals surface area (Å²) >= 11 is 6.34. The Labute approximate surface area is 141 Å². The maximum absolute atomic E-state index is 12.5. The van der Waals surface area contributed by atoms with Crippen LogP contribution in [0, 0.1) is 20.8 Å². The Balaban J connectivity index is 2.06. The number of benzene rings is 1. The summed E-state index contributed by atoms with van der Waals surface area (Å²) in [4.78, 5) is 12.5. The van der Waals surface area contributed by atoms with Crippen LogP contribution < -0.4 is 15.6 Å². The highest BCUT2D eigenvalue weighted by atomic mass is 35.5. The van der Waals surface area contributed by atoms with Crippen LogP contribution in [0.15, 0.2) is 23.0 Å². The molecule has 0 amide bonds. The molecule has 0 atom stereocenters. The summed E-state index contributed by atoms with van der Waals surface area (Å²) in [6.45, 7) is 5.95. The molecule has 1 heterocycles. The summed E-state index contributed by atoms with van der Waals surface area (Å²) in [7, 11) is 1.65. The second-order valence-electron chi connectivity index (χ2n) is 6.13. The number of rotatable bonds is 4. The van der Waals surface area contributed by atoms with Crippen molar-refractivity contribution in [1.29, 1.82) is 0 Å². The summed E-state index contributed by atoms with van der Waals surface area (Å²) in [6, 6.07) is 6.18. The molecule has 1 aliphatic carbocycles. The smallest absolute Gasteiger partial charge is 0.271 e. The molecule has 3 rings (SSSR count). The number of nitrogens with zero attached hydrogens (tertiary/aromatic N) is 1. The Bertz CT molecular complexity index is 823. The minimum Gasteiger partial charge on any atom is -0.496 e. The number of methoxy groups -OCH3 is 1. The summed E-state index contributed by atoms with van der Waals surface area (Å²) in [5.41, 5.74) is 4.45. The molecule has 0 unspecified atom stereocenters. The van der Waals surface area contributed by atoms with Crippen LogP contribution in [0.2, 0.25) is 5.02 Å². The van der Waals surface area contributed by atoms with E-state index in [9.17, 15) is 4.79 Å². The molecule has 5 heteroatoms. The van der Waals surface area contributed by atoms with Crippen LogP contribution >= 0.6 is 11.6 Å². The molecule has 0 saturated heterocycles. The number of hydrogen-bond donors (Lipinski definition) is 1. The average Bonchev–Trinajstić information content (AvgIpc) is 3.33. The fraction of sp³-hybridized carbons (Fsp3) is 0.389. The number of nitrogens with one attached hydrogen (secondary N) is 1. The zero-order chi connectivity index (χ0) is 16.7. The van der Waals surface area contributed by atoms with Gasteiger partial charge in [0, 0.05) is 23.0 Å². The lowest BCUT2D eigenvalue weighted by atomic mass is 10.1. The van der Waals surface area contributed by atoms with Gasteiger partial charge in [-0.15, -0.1) is 0 Å². The highest BCUT2D eigenvalue weighted by Crippen LogP contribution is 2.37. The average molecular weight is 333 g/mol. The van der Waals surface area contributed by atoms with Gasteiger partial charge in [-0.2, -0.15) is 0 Å². The van der Waals surface area contributed by atoms with Crippen molar-refractivity contribution in [3.8, 4) is 5.75 Å². The first-order valence-corrected chi connectivity index (χ1v) is 8.14. The first-order valence-electron chi connectivity index (χ1n) is 7.77. The molecule has 1 N–H and O–H groups in total. The normalized spacial score (nSPS) is 14.0. The largest absolute Gasteiger partial charge is 0.496 e. The van der Waals surface area contributed by atoms with Crippen molar-refractivity contribution >= 4 is 23.0 Å². The van der Waals surface area contributed by atoms with Crippen LogP contribution in [0.1, 0.15) is 35.7 Å². The molecule has 1 aromatic heterocycles. The van der Waals surface area contributed by atoms with Gasteiger partial charge in [0.15, 0.2) is 0 Å². The van der Waals surface area contributed by atoms with E-state index in [1.54, 1.807) is 11.7 Å². The van der Waals surface area contributed by atoms with Crippen molar-refractivity contribution in [3.63, 3.8) is 0 Å². The fourth-order valence-electron chi connectivity index (χ4n) is 2.98. The lowest BCUT2D eigenvalue weighted by Crippen LogP contribution is -2.22. The fourth-order valence-corrected chi connectivity index (χ4v) is 3.17. The number of aryl methyl sites for hydroxylation is 2. The zero-order valence-corrected chi connectivity index (χ0v) is 14.6. The van der Waals surface area contributed by atoms with E-state index < -0.39 is 0 Å². The minimum atomic E-state index is -0.116. The standard InChI is InChI=1S/C18H21ClN2O2/c1-10-5-8-15(23-4)12(3)17(10)20-14-9-11(2)21(13-6-7-13)18(22)16(14)19/h5,8-9,13,20H,6-7H2,1-4H3. The minimum absolute atomic E-state index is 0.116. The maximum Gasteiger partial charge on any atom is 0.271 e. The third-order valence-corrected chi connectivity index (χ3v) is 4.76. The summed E-state index contributed by atoms with van der Waals surface area (Å²) in [5.74, 6) is 0.803. The van der Waals surface area contributed by atoms with E-state index in [1.165, 1.54) is 0 Å². The molecule has 1 saturated carbocycles. The van der Waals surface area contributed by atoms with Gasteiger partial charge in [-0.05, 0) is 51.3 Å². The first kappa shape index (κ1) is 15.9. The molecule has 122 valence electrons. The van der Waals surface area contributed by atoms with E-state index >= 15 is 0 Å². The monoisotopic (exact) mass is 332 g/mol. The number of halogens is 1. The number of anilines is 2. The lowest BCUT2D eigenvalue weighted by molar-refractivity contribution is 0.412. The van der Waals surface area contributed by atoms with Crippen molar-refractivity contribution in [2.75, 3.05) is 12.4 Å². The first-order chi connectivity index (χ1) is 10.9. The number of pyridine rings is 1. The van der Waals surface area contributed by atoms with Crippen LogP contribution in [-0.2, 0) is 0 Å². The van der Waals surface area contributed by atoms with E-state index in [0.29, 0.717) is 11.7 Å². The summed E-state index contributed by atoms with van der Waals surface area (Å²) in [5, 5.41) is 3.57. The predicted octanol–water partition coefficient (Wildman–Crippen LogP) is 4.51. The van der Waals surface area contributed by atoms with Gasteiger partial charge in [-0.3, -0.25) is 4.79 Å². The van der Waals surface area contributed by atoms with E-state index in [2.05, 4.69) is 5.32 Å². The molecule has 0 aliphatic heterocycles. The summed E-state index contributed by atoms with van der Waals surface area (Å²) in [6.07, 6.45) is 2.11. The van der Waals surface area contributed by atoms with Crippen LogP contribution in [0.3, 0.4) is 0 Å². The predicted molar refractivity (Wildman–Crippen MR) is 94.5 cm³/mol. The van der Waals surface area contributed by atoms with Crippen LogP contribution in [-0.4, -0.2) is 11.7 Å².